The third-order valence-electron chi connectivity index (χ3n) is 2.28. The zero-order valence-electron chi connectivity index (χ0n) is 10.3. The minimum Gasteiger partial charge on any atom is -0.481 e. The van der Waals surface area contributed by atoms with Gasteiger partial charge in [-0.15, -0.1) is 0 Å². The average molecular weight is 237 g/mol. The van der Waals surface area contributed by atoms with Crippen molar-refractivity contribution in [3.8, 4) is 5.88 Å². The fraction of sp³-hybridized carbons (Fsp3) is 0.500. The lowest BCUT2D eigenvalue weighted by Crippen LogP contribution is -2.35. The van der Waals surface area contributed by atoms with Crippen molar-refractivity contribution in [2.45, 2.75) is 26.3 Å². The molecule has 2 N–H and O–H groups in total. The van der Waals surface area contributed by atoms with Crippen LogP contribution in [-0.4, -0.2) is 24.7 Å². The maximum atomic E-state index is 11.4. The fourth-order valence-corrected chi connectivity index (χ4v) is 1.30. The fourth-order valence-electron chi connectivity index (χ4n) is 1.30. The highest BCUT2D eigenvalue weighted by Crippen LogP contribution is 2.07. The highest BCUT2D eigenvalue weighted by atomic mass is 16.5. The average Bonchev–Trinajstić information content (AvgIpc) is 2.37. The van der Waals surface area contributed by atoms with Crippen molar-refractivity contribution in [3.05, 3.63) is 23.9 Å². The second-order valence-corrected chi connectivity index (χ2v) is 3.67. The summed E-state index contributed by atoms with van der Waals surface area (Å²) in [6.07, 6.45) is 3.73. The highest BCUT2D eigenvalue weighted by molar-refractivity contribution is 5.73. The molecule has 0 unspecified atom stereocenters. The summed E-state index contributed by atoms with van der Waals surface area (Å²) in [7, 11) is 1.57. The molecule has 1 aromatic rings. The number of ether oxygens (including phenoxy) is 1. The molecule has 5 nitrogen and oxygen atoms in total. The summed E-state index contributed by atoms with van der Waals surface area (Å²) >= 11 is 0. The van der Waals surface area contributed by atoms with E-state index >= 15 is 0 Å². The van der Waals surface area contributed by atoms with E-state index in [1.165, 1.54) is 0 Å². The zero-order valence-corrected chi connectivity index (χ0v) is 10.3. The number of hydrogen-bond acceptors (Lipinski definition) is 3. The minimum atomic E-state index is -0.144. The highest BCUT2D eigenvalue weighted by Gasteiger charge is 2.00. The van der Waals surface area contributed by atoms with E-state index in [-0.39, 0.29) is 6.03 Å². The van der Waals surface area contributed by atoms with Crippen LogP contribution in [0.1, 0.15) is 25.3 Å². The maximum absolute atomic E-state index is 11.4. The lowest BCUT2D eigenvalue weighted by atomic mass is 10.2. The van der Waals surface area contributed by atoms with E-state index in [0.29, 0.717) is 19.0 Å². The molecule has 0 aliphatic rings. The van der Waals surface area contributed by atoms with Gasteiger partial charge in [0.05, 0.1) is 7.11 Å². The molecule has 1 aromatic heterocycles. The summed E-state index contributed by atoms with van der Waals surface area (Å²) in [6.45, 7) is 3.27. The van der Waals surface area contributed by atoms with E-state index in [1.54, 1.807) is 19.4 Å². The molecule has 0 saturated carbocycles. The number of methoxy groups -OCH3 is 1. The van der Waals surface area contributed by atoms with Crippen LogP contribution in [0, 0.1) is 0 Å². The first-order valence-electron chi connectivity index (χ1n) is 5.77. The molecular formula is C12H19N3O2. The molecule has 0 bridgehead atoms. The van der Waals surface area contributed by atoms with Crippen molar-refractivity contribution < 1.29 is 9.53 Å². The van der Waals surface area contributed by atoms with Gasteiger partial charge in [0.2, 0.25) is 5.88 Å². The lowest BCUT2D eigenvalue weighted by molar-refractivity contribution is 0.240. The van der Waals surface area contributed by atoms with E-state index in [0.717, 1.165) is 18.4 Å². The van der Waals surface area contributed by atoms with Crippen LogP contribution < -0.4 is 15.4 Å². The lowest BCUT2D eigenvalue weighted by Gasteiger charge is -2.07. The molecule has 0 aliphatic heterocycles. The van der Waals surface area contributed by atoms with Crippen LogP contribution in [0.4, 0.5) is 4.79 Å². The largest absolute Gasteiger partial charge is 0.481 e. The van der Waals surface area contributed by atoms with Crippen LogP contribution in [0.5, 0.6) is 5.88 Å². The van der Waals surface area contributed by atoms with Crippen molar-refractivity contribution >= 4 is 6.03 Å². The third kappa shape index (κ3) is 5.19. The van der Waals surface area contributed by atoms with Crippen LogP contribution in [0.2, 0.25) is 0 Å². The number of nitrogens with one attached hydrogen (secondary N) is 2. The summed E-state index contributed by atoms with van der Waals surface area (Å²) < 4.78 is 5.00. The number of aromatic nitrogens is 1. The minimum absolute atomic E-state index is 0.144. The first-order valence-corrected chi connectivity index (χ1v) is 5.77. The molecule has 0 aliphatic carbocycles. The Morgan fingerprint density at radius 1 is 1.47 bits per heavy atom. The second-order valence-electron chi connectivity index (χ2n) is 3.67. The summed E-state index contributed by atoms with van der Waals surface area (Å²) in [4.78, 5) is 15.4. The molecule has 1 heterocycles. The predicted octanol–water partition coefficient (Wildman–Crippen LogP) is 1.69. The Balaban J connectivity index is 2.31. The normalized spacial score (nSPS) is 9.76. The van der Waals surface area contributed by atoms with E-state index in [4.69, 9.17) is 4.74 Å². The monoisotopic (exact) mass is 237 g/mol. The van der Waals surface area contributed by atoms with Gasteiger partial charge in [0.15, 0.2) is 0 Å². The number of unbranched alkanes of at least 4 members (excludes halogenated alkanes) is 1. The number of urea groups is 1. The number of amides is 2. The zero-order chi connectivity index (χ0) is 12.5. The maximum Gasteiger partial charge on any atom is 0.315 e. The van der Waals surface area contributed by atoms with Gasteiger partial charge in [0.1, 0.15) is 0 Å². The number of carbonyl (C=O) groups is 1. The molecule has 0 spiro atoms. The molecule has 2 amide bonds. The van der Waals surface area contributed by atoms with E-state index < -0.39 is 0 Å². The molecule has 0 aromatic carbocycles. The Kier molecular flexibility index (Phi) is 5.85. The van der Waals surface area contributed by atoms with Crippen molar-refractivity contribution in [1.29, 1.82) is 0 Å². The van der Waals surface area contributed by atoms with Gasteiger partial charge >= 0.3 is 6.03 Å². The first-order chi connectivity index (χ1) is 8.26. The van der Waals surface area contributed by atoms with Gasteiger partial charge in [-0.2, -0.15) is 0 Å². The number of rotatable bonds is 6. The van der Waals surface area contributed by atoms with Crippen LogP contribution in [0.3, 0.4) is 0 Å². The van der Waals surface area contributed by atoms with Crippen molar-refractivity contribution in [2.75, 3.05) is 13.7 Å². The molecule has 0 atom stereocenters. The standard InChI is InChI=1S/C12H19N3O2/c1-3-4-6-14-12(16)15-9-10-5-7-13-11(8-10)17-2/h5,7-8H,3-4,6,9H2,1-2H3,(H2,14,15,16). The van der Waals surface area contributed by atoms with Crippen molar-refractivity contribution in [1.82, 2.24) is 15.6 Å². The van der Waals surface area contributed by atoms with Gasteiger partial charge in [-0.3, -0.25) is 0 Å². The molecule has 17 heavy (non-hydrogen) atoms. The molecular weight excluding hydrogens is 218 g/mol. The number of nitrogens with zero attached hydrogens (tertiary/aromatic N) is 1. The van der Waals surface area contributed by atoms with Gasteiger partial charge < -0.3 is 15.4 Å². The van der Waals surface area contributed by atoms with Gasteiger partial charge in [-0.25, -0.2) is 9.78 Å². The van der Waals surface area contributed by atoms with Crippen LogP contribution in [0.15, 0.2) is 18.3 Å². The molecule has 5 heteroatoms. The Bertz CT molecular complexity index is 355. The van der Waals surface area contributed by atoms with E-state index in [1.807, 2.05) is 6.07 Å². The van der Waals surface area contributed by atoms with Crippen molar-refractivity contribution in [2.24, 2.45) is 0 Å². The third-order valence-corrected chi connectivity index (χ3v) is 2.28. The molecule has 94 valence electrons. The summed E-state index contributed by atoms with van der Waals surface area (Å²) in [5.74, 6) is 0.552. The molecule has 0 saturated heterocycles. The van der Waals surface area contributed by atoms with Gasteiger partial charge in [0.25, 0.3) is 0 Å². The summed E-state index contributed by atoms with van der Waals surface area (Å²) in [6, 6.07) is 3.50. The Morgan fingerprint density at radius 2 is 2.29 bits per heavy atom. The Hall–Kier alpha value is -1.78. The Morgan fingerprint density at radius 3 is 3.00 bits per heavy atom. The molecule has 0 radical (unpaired) electrons. The first kappa shape index (κ1) is 13.3. The van der Waals surface area contributed by atoms with Gasteiger partial charge in [0, 0.05) is 25.4 Å². The smallest absolute Gasteiger partial charge is 0.315 e. The SMILES string of the molecule is CCCCNC(=O)NCc1ccnc(OC)c1. The van der Waals surface area contributed by atoms with Crippen LogP contribution in [0.25, 0.3) is 0 Å². The van der Waals surface area contributed by atoms with Gasteiger partial charge in [-0.1, -0.05) is 13.3 Å². The number of hydrogen-bond donors (Lipinski definition) is 2. The van der Waals surface area contributed by atoms with Gasteiger partial charge in [-0.05, 0) is 18.1 Å². The summed E-state index contributed by atoms with van der Waals surface area (Å²) in [5, 5.41) is 5.56. The van der Waals surface area contributed by atoms with Crippen molar-refractivity contribution in [3.63, 3.8) is 0 Å². The van der Waals surface area contributed by atoms with Crippen LogP contribution >= 0.6 is 0 Å². The number of carbonyl (C=O) groups excluding carboxylic acids is 1. The molecule has 1 rings (SSSR count). The topological polar surface area (TPSA) is 63.2 Å². The second kappa shape index (κ2) is 7.49. The van der Waals surface area contributed by atoms with E-state index in [9.17, 15) is 4.79 Å². The van der Waals surface area contributed by atoms with Crippen LogP contribution in [-0.2, 0) is 6.54 Å². The molecule has 0 fully saturated rings. The van der Waals surface area contributed by atoms with E-state index in [2.05, 4.69) is 22.5 Å². The Labute approximate surface area is 102 Å². The predicted molar refractivity (Wildman–Crippen MR) is 65.9 cm³/mol. The quantitative estimate of drug-likeness (QED) is 0.740. The summed E-state index contributed by atoms with van der Waals surface area (Å²) in [5.41, 5.74) is 0.961. The number of pyridine rings is 1.